The van der Waals surface area contributed by atoms with E-state index in [1.165, 1.54) is 0 Å². The molecule has 0 amide bonds. The molecule has 0 radical (unpaired) electrons. The van der Waals surface area contributed by atoms with Crippen molar-refractivity contribution in [2.75, 3.05) is 0 Å². The summed E-state index contributed by atoms with van der Waals surface area (Å²) < 4.78 is 0. The van der Waals surface area contributed by atoms with Gasteiger partial charge in [0.05, 0.1) is 0 Å². The molecular weight excluding hydrogens is 112 g/mol. The number of nitrogens with two attached hydrogens (primary N) is 1. The average Bonchev–Trinajstić information content (AvgIpc) is 1.83. The van der Waals surface area contributed by atoms with E-state index in [9.17, 15) is 0 Å². The quantitative estimate of drug-likeness (QED) is 0.553. The molecule has 3 N–H and O–H groups in total. The highest BCUT2D eigenvalue weighted by molar-refractivity contribution is 4.94. The van der Waals surface area contributed by atoms with Crippen LogP contribution in [0.4, 0.5) is 0 Å². The fourth-order valence-corrected chi connectivity index (χ4v) is 0.331. The molecule has 0 heterocycles. The Morgan fingerprint density at radius 2 is 2.33 bits per heavy atom. The van der Waals surface area contributed by atoms with E-state index in [0.717, 1.165) is 5.70 Å². The maximum absolute atomic E-state index is 5.36. The lowest BCUT2D eigenvalue weighted by Crippen LogP contribution is -2.18. The van der Waals surface area contributed by atoms with E-state index in [1.807, 2.05) is 19.9 Å². The molecule has 0 saturated heterocycles. The molecule has 0 fully saturated rings. The number of rotatable bonds is 3. The van der Waals surface area contributed by atoms with Crippen molar-refractivity contribution in [2.24, 2.45) is 5.73 Å². The van der Waals surface area contributed by atoms with Crippen LogP contribution in [0.2, 0.25) is 0 Å². The molecule has 2 nitrogen and oxygen atoms in total. The molecule has 1 atom stereocenters. The average molecular weight is 126 g/mol. The summed E-state index contributed by atoms with van der Waals surface area (Å²) in [6.07, 6.45) is 3.59. The Hall–Kier alpha value is -0.920. The first-order chi connectivity index (χ1) is 4.16. The third-order valence-electron chi connectivity index (χ3n) is 0.927. The van der Waals surface area contributed by atoms with E-state index >= 15 is 0 Å². The first kappa shape index (κ1) is 8.08. The third-order valence-corrected chi connectivity index (χ3v) is 0.927. The van der Waals surface area contributed by atoms with Gasteiger partial charge in [0.15, 0.2) is 0 Å². The van der Waals surface area contributed by atoms with Gasteiger partial charge in [-0.1, -0.05) is 6.08 Å². The van der Waals surface area contributed by atoms with Gasteiger partial charge in [0.2, 0.25) is 0 Å². The molecular formula is C7H14N2. The van der Waals surface area contributed by atoms with Gasteiger partial charge in [-0.25, -0.2) is 0 Å². The van der Waals surface area contributed by atoms with E-state index in [2.05, 4.69) is 11.9 Å². The molecule has 2 heteroatoms. The zero-order valence-electron chi connectivity index (χ0n) is 6.02. The van der Waals surface area contributed by atoms with Crippen LogP contribution in [0.1, 0.15) is 13.8 Å². The summed E-state index contributed by atoms with van der Waals surface area (Å²) in [6, 6.07) is 0.295. The molecule has 0 saturated carbocycles. The lowest BCUT2D eigenvalue weighted by atomic mass is 10.3. The van der Waals surface area contributed by atoms with E-state index in [4.69, 9.17) is 5.73 Å². The molecule has 0 aromatic carbocycles. The SMILES string of the molecule is C=CC(C)N/C=C(/C)N. The van der Waals surface area contributed by atoms with Gasteiger partial charge in [0.25, 0.3) is 0 Å². The number of hydrogen-bond donors (Lipinski definition) is 2. The Balaban J connectivity index is 3.49. The van der Waals surface area contributed by atoms with Crippen LogP contribution in [0.5, 0.6) is 0 Å². The predicted molar refractivity (Wildman–Crippen MR) is 40.7 cm³/mol. The standard InChI is InChI=1S/C7H14N2/c1-4-7(3)9-5-6(2)8/h4-5,7,9H,1,8H2,2-3H3/b6-5-. The lowest BCUT2D eigenvalue weighted by molar-refractivity contribution is 0.764. The highest BCUT2D eigenvalue weighted by atomic mass is 14.9. The van der Waals surface area contributed by atoms with Crippen LogP contribution in [0.25, 0.3) is 0 Å². The van der Waals surface area contributed by atoms with Crippen LogP contribution >= 0.6 is 0 Å². The summed E-state index contributed by atoms with van der Waals surface area (Å²) in [7, 11) is 0. The van der Waals surface area contributed by atoms with Crippen molar-refractivity contribution >= 4 is 0 Å². The molecule has 0 aromatic rings. The smallest absolute Gasteiger partial charge is 0.0408 e. The first-order valence-electron chi connectivity index (χ1n) is 2.97. The molecule has 1 unspecified atom stereocenters. The van der Waals surface area contributed by atoms with Gasteiger partial charge < -0.3 is 11.1 Å². The molecule has 0 aliphatic carbocycles. The summed E-state index contributed by atoms with van der Waals surface area (Å²) in [5, 5.41) is 3.03. The normalized spacial score (nSPS) is 14.7. The minimum Gasteiger partial charge on any atom is -0.401 e. The predicted octanol–water partition coefficient (Wildman–Crippen LogP) is 0.970. The number of hydrogen-bond acceptors (Lipinski definition) is 2. The van der Waals surface area contributed by atoms with Crippen LogP contribution in [0.3, 0.4) is 0 Å². The minimum absolute atomic E-state index is 0.295. The number of nitrogens with one attached hydrogen (secondary N) is 1. The van der Waals surface area contributed by atoms with Crippen LogP contribution in [-0.4, -0.2) is 6.04 Å². The van der Waals surface area contributed by atoms with Gasteiger partial charge >= 0.3 is 0 Å². The van der Waals surface area contributed by atoms with Crippen LogP contribution in [0.15, 0.2) is 24.6 Å². The van der Waals surface area contributed by atoms with Crippen molar-refractivity contribution in [3.05, 3.63) is 24.6 Å². The van der Waals surface area contributed by atoms with Gasteiger partial charge in [-0.15, -0.1) is 6.58 Å². The first-order valence-corrected chi connectivity index (χ1v) is 2.97. The van der Waals surface area contributed by atoms with Crippen LogP contribution in [0, 0.1) is 0 Å². The fourth-order valence-electron chi connectivity index (χ4n) is 0.331. The summed E-state index contributed by atoms with van der Waals surface area (Å²) in [4.78, 5) is 0. The second-order valence-electron chi connectivity index (χ2n) is 2.08. The van der Waals surface area contributed by atoms with Crippen molar-refractivity contribution in [3.8, 4) is 0 Å². The maximum Gasteiger partial charge on any atom is 0.0408 e. The van der Waals surface area contributed by atoms with E-state index in [-0.39, 0.29) is 0 Å². The Bertz CT molecular complexity index is 112. The number of allylic oxidation sites excluding steroid dienone is 1. The molecule has 0 aromatic heterocycles. The van der Waals surface area contributed by atoms with E-state index < -0.39 is 0 Å². The molecule has 9 heavy (non-hydrogen) atoms. The summed E-state index contributed by atoms with van der Waals surface area (Å²) in [5.41, 5.74) is 6.14. The summed E-state index contributed by atoms with van der Waals surface area (Å²) >= 11 is 0. The van der Waals surface area contributed by atoms with Gasteiger partial charge in [-0.3, -0.25) is 0 Å². The van der Waals surface area contributed by atoms with Gasteiger partial charge in [-0.05, 0) is 13.8 Å². The molecule has 0 bridgehead atoms. The van der Waals surface area contributed by atoms with Crippen molar-refractivity contribution in [2.45, 2.75) is 19.9 Å². The topological polar surface area (TPSA) is 38.0 Å². The Morgan fingerprint density at radius 1 is 1.78 bits per heavy atom. The highest BCUT2D eigenvalue weighted by Gasteiger charge is 1.86. The van der Waals surface area contributed by atoms with Gasteiger partial charge in [0.1, 0.15) is 0 Å². The Labute approximate surface area is 56.4 Å². The molecule has 0 spiro atoms. The zero-order valence-corrected chi connectivity index (χ0v) is 6.02. The summed E-state index contributed by atoms with van der Waals surface area (Å²) in [5.74, 6) is 0. The lowest BCUT2D eigenvalue weighted by Gasteiger charge is -2.04. The highest BCUT2D eigenvalue weighted by Crippen LogP contribution is 1.82. The third kappa shape index (κ3) is 4.94. The van der Waals surface area contributed by atoms with Crippen LogP contribution in [-0.2, 0) is 0 Å². The minimum atomic E-state index is 0.295. The zero-order chi connectivity index (χ0) is 7.28. The molecule has 52 valence electrons. The largest absolute Gasteiger partial charge is 0.401 e. The summed E-state index contributed by atoms with van der Waals surface area (Å²) in [6.45, 7) is 7.45. The second-order valence-corrected chi connectivity index (χ2v) is 2.08. The maximum atomic E-state index is 5.36. The van der Waals surface area contributed by atoms with Crippen molar-refractivity contribution in [1.82, 2.24) is 5.32 Å². The Kier molecular flexibility index (Phi) is 3.60. The molecule has 0 rings (SSSR count). The monoisotopic (exact) mass is 126 g/mol. The molecule has 0 aliphatic heterocycles. The second kappa shape index (κ2) is 4.01. The Morgan fingerprint density at radius 3 is 2.67 bits per heavy atom. The van der Waals surface area contributed by atoms with E-state index in [0.29, 0.717) is 6.04 Å². The van der Waals surface area contributed by atoms with Crippen molar-refractivity contribution in [1.29, 1.82) is 0 Å². The molecule has 0 aliphatic rings. The van der Waals surface area contributed by atoms with Crippen molar-refractivity contribution in [3.63, 3.8) is 0 Å². The van der Waals surface area contributed by atoms with Crippen molar-refractivity contribution < 1.29 is 0 Å². The van der Waals surface area contributed by atoms with Gasteiger partial charge in [0, 0.05) is 17.9 Å². The fraction of sp³-hybridized carbons (Fsp3) is 0.429. The van der Waals surface area contributed by atoms with E-state index in [1.54, 1.807) is 6.20 Å². The van der Waals surface area contributed by atoms with Gasteiger partial charge in [-0.2, -0.15) is 0 Å². The van der Waals surface area contributed by atoms with Crippen LogP contribution < -0.4 is 11.1 Å².